The van der Waals surface area contributed by atoms with Crippen LogP contribution in [0.1, 0.15) is 41.0 Å². The summed E-state index contributed by atoms with van der Waals surface area (Å²) in [5.74, 6) is 0.770. The second kappa shape index (κ2) is 6.50. The van der Waals surface area contributed by atoms with Crippen LogP contribution in [0.25, 0.3) is 0 Å². The van der Waals surface area contributed by atoms with Crippen molar-refractivity contribution >= 4 is 18.5 Å². The largest absolute Gasteiger partial charge is 0.366 e. The molecule has 96 valence electrons. The van der Waals surface area contributed by atoms with E-state index >= 15 is 0 Å². The van der Waals surface area contributed by atoms with Gasteiger partial charge in [-0.1, -0.05) is 13.8 Å². The Morgan fingerprint density at radius 2 is 1.81 bits per heavy atom. The van der Waals surface area contributed by atoms with Gasteiger partial charge in [0.15, 0.2) is 0 Å². The number of ether oxygens (including phenoxy) is 1. The van der Waals surface area contributed by atoms with Gasteiger partial charge in [-0.25, -0.2) is 0 Å². The lowest BCUT2D eigenvalue weighted by Crippen LogP contribution is -2.34. The summed E-state index contributed by atoms with van der Waals surface area (Å²) in [6, 6.07) is 0. The maximum atomic E-state index is 11.4. The van der Waals surface area contributed by atoms with E-state index in [9.17, 15) is 4.79 Å². The van der Waals surface area contributed by atoms with Crippen molar-refractivity contribution in [3.63, 3.8) is 0 Å². The Hall–Kier alpha value is -0.220. The van der Waals surface area contributed by atoms with Crippen molar-refractivity contribution in [2.24, 2.45) is 5.41 Å². The summed E-state index contributed by atoms with van der Waals surface area (Å²) in [4.78, 5) is 11.4. The summed E-state index contributed by atoms with van der Waals surface area (Å²) in [5.41, 5.74) is -0.0943. The molecule has 0 unspecified atom stereocenters. The summed E-state index contributed by atoms with van der Waals surface area (Å²) in [5, 5.41) is 2.85. The molecule has 0 aliphatic rings. The van der Waals surface area contributed by atoms with Crippen molar-refractivity contribution in [1.29, 1.82) is 0 Å². The van der Waals surface area contributed by atoms with Crippen molar-refractivity contribution in [3.8, 4) is 0 Å². The van der Waals surface area contributed by atoms with Crippen LogP contribution in [-0.4, -0.2) is 30.4 Å². The number of hydrogen-bond acceptors (Lipinski definition) is 3. The Kier molecular flexibility index (Phi) is 6.41. The molecule has 4 heteroatoms. The second-order valence-electron chi connectivity index (χ2n) is 5.82. The van der Waals surface area contributed by atoms with E-state index < -0.39 is 0 Å². The van der Waals surface area contributed by atoms with Crippen molar-refractivity contribution in [2.45, 2.75) is 46.6 Å². The molecule has 0 aromatic rings. The van der Waals surface area contributed by atoms with Gasteiger partial charge in [0, 0.05) is 6.54 Å². The maximum absolute atomic E-state index is 11.4. The molecule has 0 aliphatic heterocycles. The Labute approximate surface area is 105 Å². The van der Waals surface area contributed by atoms with Gasteiger partial charge in [0.1, 0.15) is 6.61 Å². The van der Waals surface area contributed by atoms with E-state index in [1.54, 1.807) is 0 Å². The molecule has 0 saturated carbocycles. The Morgan fingerprint density at radius 1 is 1.25 bits per heavy atom. The zero-order valence-electron chi connectivity index (χ0n) is 11.1. The Balaban J connectivity index is 3.67. The molecule has 0 radical (unpaired) electrons. The van der Waals surface area contributed by atoms with Crippen LogP contribution in [0.15, 0.2) is 0 Å². The molecule has 3 nitrogen and oxygen atoms in total. The van der Waals surface area contributed by atoms with Gasteiger partial charge >= 0.3 is 0 Å². The van der Waals surface area contributed by atoms with E-state index in [0.717, 1.165) is 12.2 Å². The van der Waals surface area contributed by atoms with Crippen molar-refractivity contribution in [1.82, 2.24) is 5.32 Å². The monoisotopic (exact) mass is 247 g/mol. The fourth-order valence-electron chi connectivity index (χ4n) is 0.952. The molecule has 0 heterocycles. The second-order valence-corrected chi connectivity index (χ2v) is 6.14. The van der Waals surface area contributed by atoms with Gasteiger partial charge in [-0.05, 0) is 38.4 Å². The standard InChI is InChI=1S/C12H25NO2S/c1-11(2,3)15-8-10(14)13-7-6-12(4,5)9-16/h16H,6-9H2,1-5H3,(H,13,14). The number of thiol groups is 1. The van der Waals surface area contributed by atoms with Crippen LogP contribution in [0.5, 0.6) is 0 Å². The first-order valence-electron chi connectivity index (χ1n) is 5.68. The maximum Gasteiger partial charge on any atom is 0.246 e. The SMILES string of the molecule is CC(C)(CS)CCNC(=O)COC(C)(C)C. The average Bonchev–Trinajstić information content (AvgIpc) is 2.13. The topological polar surface area (TPSA) is 38.3 Å². The molecule has 0 bridgehead atoms. The molecular formula is C12H25NO2S. The first-order valence-corrected chi connectivity index (χ1v) is 6.31. The van der Waals surface area contributed by atoms with Gasteiger partial charge < -0.3 is 10.1 Å². The number of rotatable bonds is 6. The van der Waals surface area contributed by atoms with Crippen LogP contribution in [0.2, 0.25) is 0 Å². The Bertz CT molecular complexity index is 222. The lowest BCUT2D eigenvalue weighted by atomic mass is 9.92. The highest BCUT2D eigenvalue weighted by Crippen LogP contribution is 2.20. The first kappa shape index (κ1) is 15.8. The number of amides is 1. The minimum absolute atomic E-state index is 0.0510. The summed E-state index contributed by atoms with van der Waals surface area (Å²) in [7, 11) is 0. The van der Waals surface area contributed by atoms with Crippen molar-refractivity contribution in [2.75, 3.05) is 18.9 Å². The summed E-state index contributed by atoms with van der Waals surface area (Å²) >= 11 is 4.27. The molecule has 0 aromatic heterocycles. The van der Waals surface area contributed by atoms with Crippen LogP contribution < -0.4 is 5.32 Å². The number of hydrogen-bond donors (Lipinski definition) is 2. The molecule has 0 aliphatic carbocycles. The van der Waals surface area contributed by atoms with Gasteiger partial charge in [-0.15, -0.1) is 0 Å². The molecular weight excluding hydrogens is 222 g/mol. The summed E-state index contributed by atoms with van der Waals surface area (Å²) in [6.07, 6.45) is 0.928. The lowest BCUT2D eigenvalue weighted by Gasteiger charge is -2.22. The first-order chi connectivity index (χ1) is 7.16. The average molecular weight is 247 g/mol. The van der Waals surface area contributed by atoms with Crippen LogP contribution in [0, 0.1) is 5.41 Å². The van der Waals surface area contributed by atoms with E-state index in [2.05, 4.69) is 31.8 Å². The fourth-order valence-corrected chi connectivity index (χ4v) is 1.11. The van der Waals surface area contributed by atoms with Gasteiger partial charge in [-0.2, -0.15) is 12.6 Å². The quantitative estimate of drug-likeness (QED) is 0.707. The van der Waals surface area contributed by atoms with Crippen molar-refractivity contribution in [3.05, 3.63) is 0 Å². The predicted octanol–water partition coefficient (Wildman–Crippen LogP) is 2.26. The van der Waals surface area contributed by atoms with Gasteiger partial charge in [0.05, 0.1) is 5.60 Å². The molecule has 1 amide bonds. The van der Waals surface area contributed by atoms with E-state index in [1.165, 1.54) is 0 Å². The highest BCUT2D eigenvalue weighted by atomic mass is 32.1. The van der Waals surface area contributed by atoms with Crippen LogP contribution in [0.4, 0.5) is 0 Å². The molecule has 16 heavy (non-hydrogen) atoms. The summed E-state index contributed by atoms with van der Waals surface area (Å²) in [6.45, 7) is 10.9. The molecule has 0 rings (SSSR count). The van der Waals surface area contributed by atoms with Crippen LogP contribution in [-0.2, 0) is 9.53 Å². The fraction of sp³-hybridized carbons (Fsp3) is 0.917. The third-order valence-corrected chi connectivity index (χ3v) is 3.04. The summed E-state index contributed by atoms with van der Waals surface area (Å²) < 4.78 is 5.37. The molecule has 0 atom stereocenters. The minimum atomic E-state index is -0.262. The smallest absolute Gasteiger partial charge is 0.246 e. The van der Waals surface area contributed by atoms with Crippen molar-refractivity contribution < 1.29 is 9.53 Å². The number of carbonyl (C=O) groups excluding carboxylic acids is 1. The minimum Gasteiger partial charge on any atom is -0.366 e. The predicted molar refractivity (Wildman–Crippen MR) is 71.0 cm³/mol. The zero-order valence-corrected chi connectivity index (χ0v) is 12.0. The highest BCUT2D eigenvalue weighted by molar-refractivity contribution is 7.80. The van der Waals surface area contributed by atoms with Crippen LogP contribution in [0.3, 0.4) is 0 Å². The molecule has 0 spiro atoms. The van der Waals surface area contributed by atoms with Crippen LogP contribution >= 0.6 is 12.6 Å². The number of nitrogens with one attached hydrogen (secondary N) is 1. The third-order valence-electron chi connectivity index (χ3n) is 2.19. The molecule has 0 fully saturated rings. The zero-order chi connectivity index (χ0) is 12.8. The van der Waals surface area contributed by atoms with E-state index in [0.29, 0.717) is 6.54 Å². The van der Waals surface area contributed by atoms with E-state index in [1.807, 2.05) is 20.8 Å². The Morgan fingerprint density at radius 3 is 2.25 bits per heavy atom. The highest BCUT2D eigenvalue weighted by Gasteiger charge is 2.16. The van der Waals surface area contributed by atoms with Gasteiger partial charge in [-0.3, -0.25) is 4.79 Å². The normalized spacial score (nSPS) is 12.6. The van der Waals surface area contributed by atoms with Gasteiger partial charge in [0.25, 0.3) is 0 Å². The third kappa shape index (κ3) is 9.04. The number of carbonyl (C=O) groups is 1. The lowest BCUT2D eigenvalue weighted by molar-refractivity contribution is -0.130. The van der Waals surface area contributed by atoms with E-state index in [4.69, 9.17) is 4.74 Å². The van der Waals surface area contributed by atoms with Gasteiger partial charge in [0.2, 0.25) is 5.91 Å². The van der Waals surface area contributed by atoms with E-state index in [-0.39, 0.29) is 23.5 Å². The molecule has 0 aromatic carbocycles. The molecule has 1 N–H and O–H groups in total. The molecule has 0 saturated heterocycles.